The van der Waals surface area contributed by atoms with Crippen molar-refractivity contribution in [1.82, 2.24) is 14.5 Å². The number of aliphatic hydroxyl groups is 1. The van der Waals surface area contributed by atoms with E-state index in [2.05, 4.69) is 16.5 Å². The number of likely N-dealkylation sites (tertiary alicyclic amines) is 1. The van der Waals surface area contributed by atoms with Gasteiger partial charge in [0.05, 0.1) is 17.6 Å². The summed E-state index contributed by atoms with van der Waals surface area (Å²) in [7, 11) is 2.05. The highest BCUT2D eigenvalue weighted by atomic mass is 35.5. The minimum atomic E-state index is 0.318. The molecular formula is C15H20ClN3O. The second-order valence-electron chi connectivity index (χ2n) is 5.62. The standard InChI is InChI=1S/C15H20ClN3O/c1-18-14-3-2-12(16)8-13(14)17-15(18)9-19-6-4-11(10-20)5-7-19/h2-3,8,11,20H,4-7,9-10H2,1H3. The number of hydrogen-bond acceptors (Lipinski definition) is 3. The number of fused-ring (bicyclic) bond motifs is 1. The van der Waals surface area contributed by atoms with Gasteiger partial charge in [0.15, 0.2) is 0 Å². The van der Waals surface area contributed by atoms with Crippen LogP contribution in [-0.2, 0) is 13.6 Å². The number of aromatic nitrogens is 2. The molecule has 5 heteroatoms. The van der Waals surface area contributed by atoms with Gasteiger partial charge in [-0.05, 0) is 50.0 Å². The molecule has 0 spiro atoms. The molecule has 1 aromatic heterocycles. The van der Waals surface area contributed by atoms with E-state index < -0.39 is 0 Å². The lowest BCUT2D eigenvalue weighted by atomic mass is 9.98. The maximum absolute atomic E-state index is 9.18. The molecule has 0 atom stereocenters. The molecule has 1 aromatic carbocycles. The Balaban J connectivity index is 1.76. The monoisotopic (exact) mass is 293 g/mol. The van der Waals surface area contributed by atoms with Crippen molar-refractivity contribution >= 4 is 22.6 Å². The van der Waals surface area contributed by atoms with Crippen LogP contribution >= 0.6 is 11.6 Å². The number of aliphatic hydroxyl groups excluding tert-OH is 1. The van der Waals surface area contributed by atoms with E-state index in [1.165, 1.54) is 0 Å². The lowest BCUT2D eigenvalue weighted by Crippen LogP contribution is -2.34. The summed E-state index contributed by atoms with van der Waals surface area (Å²) in [5.74, 6) is 1.55. The molecule has 1 saturated heterocycles. The zero-order valence-electron chi connectivity index (χ0n) is 11.7. The Hall–Kier alpha value is -1.10. The van der Waals surface area contributed by atoms with Crippen molar-refractivity contribution in [3.63, 3.8) is 0 Å². The van der Waals surface area contributed by atoms with Gasteiger partial charge in [0, 0.05) is 18.7 Å². The van der Waals surface area contributed by atoms with Crippen LogP contribution in [-0.4, -0.2) is 39.3 Å². The summed E-state index contributed by atoms with van der Waals surface area (Å²) in [6.07, 6.45) is 2.15. The molecule has 0 aliphatic carbocycles. The second kappa shape index (κ2) is 5.72. The van der Waals surface area contributed by atoms with Crippen molar-refractivity contribution in [1.29, 1.82) is 0 Å². The molecule has 4 nitrogen and oxygen atoms in total. The maximum atomic E-state index is 9.18. The van der Waals surface area contributed by atoms with E-state index in [-0.39, 0.29) is 0 Å². The first-order valence-corrected chi connectivity index (χ1v) is 7.49. The summed E-state index contributed by atoms with van der Waals surface area (Å²) >= 11 is 6.02. The third kappa shape index (κ3) is 2.68. The molecule has 1 N–H and O–H groups in total. The lowest BCUT2D eigenvalue weighted by Gasteiger charge is -2.30. The van der Waals surface area contributed by atoms with Crippen molar-refractivity contribution in [2.45, 2.75) is 19.4 Å². The number of nitrogens with zero attached hydrogens (tertiary/aromatic N) is 3. The normalized spacial score (nSPS) is 17.9. The maximum Gasteiger partial charge on any atom is 0.123 e. The Morgan fingerprint density at radius 1 is 1.35 bits per heavy atom. The van der Waals surface area contributed by atoms with Gasteiger partial charge in [0.1, 0.15) is 5.82 Å². The summed E-state index contributed by atoms with van der Waals surface area (Å²) < 4.78 is 2.14. The highest BCUT2D eigenvalue weighted by Gasteiger charge is 2.20. The van der Waals surface area contributed by atoms with Crippen molar-refractivity contribution in [2.75, 3.05) is 19.7 Å². The summed E-state index contributed by atoms with van der Waals surface area (Å²) in [5.41, 5.74) is 2.08. The van der Waals surface area contributed by atoms with Crippen LogP contribution in [0.5, 0.6) is 0 Å². The van der Waals surface area contributed by atoms with Crippen LogP contribution < -0.4 is 0 Å². The molecule has 20 heavy (non-hydrogen) atoms. The number of aryl methyl sites for hydroxylation is 1. The number of rotatable bonds is 3. The smallest absolute Gasteiger partial charge is 0.123 e. The molecular weight excluding hydrogens is 274 g/mol. The Bertz CT molecular complexity index is 602. The van der Waals surface area contributed by atoms with Crippen LogP contribution in [0.2, 0.25) is 5.02 Å². The molecule has 0 saturated carbocycles. The van der Waals surface area contributed by atoms with E-state index >= 15 is 0 Å². The molecule has 108 valence electrons. The highest BCUT2D eigenvalue weighted by Crippen LogP contribution is 2.22. The first kappa shape index (κ1) is 13.9. The number of imidazole rings is 1. The lowest BCUT2D eigenvalue weighted by molar-refractivity contribution is 0.125. The summed E-state index contributed by atoms with van der Waals surface area (Å²) in [6.45, 7) is 3.25. The summed E-state index contributed by atoms with van der Waals surface area (Å²) in [4.78, 5) is 7.11. The van der Waals surface area contributed by atoms with Gasteiger partial charge in [-0.25, -0.2) is 4.98 Å². The van der Waals surface area contributed by atoms with Gasteiger partial charge in [0.2, 0.25) is 0 Å². The van der Waals surface area contributed by atoms with Crippen LogP contribution in [0, 0.1) is 5.92 Å². The topological polar surface area (TPSA) is 41.3 Å². The number of benzene rings is 1. The fourth-order valence-corrected chi connectivity index (χ4v) is 3.06. The Labute approximate surface area is 124 Å². The average molecular weight is 294 g/mol. The fraction of sp³-hybridized carbons (Fsp3) is 0.533. The van der Waals surface area contributed by atoms with Crippen LogP contribution in [0.4, 0.5) is 0 Å². The van der Waals surface area contributed by atoms with E-state index in [9.17, 15) is 5.11 Å². The van der Waals surface area contributed by atoms with Crippen molar-refractivity contribution in [2.24, 2.45) is 13.0 Å². The predicted octanol–water partition coefficient (Wildman–Crippen LogP) is 2.43. The van der Waals surface area contributed by atoms with Gasteiger partial charge in [0.25, 0.3) is 0 Å². The molecule has 0 unspecified atom stereocenters. The van der Waals surface area contributed by atoms with Crippen LogP contribution in [0.1, 0.15) is 18.7 Å². The minimum Gasteiger partial charge on any atom is -0.396 e. The zero-order valence-corrected chi connectivity index (χ0v) is 12.5. The van der Waals surface area contributed by atoms with E-state index in [1.54, 1.807) is 0 Å². The Kier molecular flexibility index (Phi) is 3.96. The number of piperidine rings is 1. The van der Waals surface area contributed by atoms with E-state index in [0.717, 1.165) is 54.4 Å². The second-order valence-corrected chi connectivity index (χ2v) is 6.06. The molecule has 2 heterocycles. The van der Waals surface area contributed by atoms with Crippen LogP contribution in [0.25, 0.3) is 11.0 Å². The number of hydrogen-bond donors (Lipinski definition) is 1. The average Bonchev–Trinajstić information content (AvgIpc) is 2.75. The molecule has 1 fully saturated rings. The molecule has 1 aliphatic rings. The Morgan fingerprint density at radius 2 is 2.10 bits per heavy atom. The minimum absolute atomic E-state index is 0.318. The van der Waals surface area contributed by atoms with Crippen LogP contribution in [0.3, 0.4) is 0 Å². The van der Waals surface area contributed by atoms with Crippen molar-refractivity contribution < 1.29 is 5.11 Å². The van der Waals surface area contributed by atoms with Gasteiger partial charge < -0.3 is 9.67 Å². The molecule has 1 aliphatic heterocycles. The fourth-order valence-electron chi connectivity index (χ4n) is 2.89. The molecule has 3 rings (SSSR count). The van der Waals surface area contributed by atoms with Gasteiger partial charge in [-0.1, -0.05) is 11.6 Å². The van der Waals surface area contributed by atoms with Crippen molar-refractivity contribution in [3.8, 4) is 0 Å². The molecule has 0 radical (unpaired) electrons. The third-order valence-electron chi connectivity index (χ3n) is 4.27. The Morgan fingerprint density at radius 3 is 2.80 bits per heavy atom. The van der Waals surface area contributed by atoms with E-state index in [0.29, 0.717) is 12.5 Å². The zero-order chi connectivity index (χ0) is 14.1. The van der Waals surface area contributed by atoms with Gasteiger partial charge in [-0.2, -0.15) is 0 Å². The first-order valence-electron chi connectivity index (χ1n) is 7.11. The van der Waals surface area contributed by atoms with E-state index in [1.807, 2.05) is 18.2 Å². The first-order chi connectivity index (χ1) is 9.67. The highest BCUT2D eigenvalue weighted by molar-refractivity contribution is 6.31. The predicted molar refractivity (Wildman–Crippen MR) is 80.8 cm³/mol. The molecule has 2 aromatic rings. The van der Waals surface area contributed by atoms with Gasteiger partial charge >= 0.3 is 0 Å². The molecule has 0 amide bonds. The van der Waals surface area contributed by atoms with E-state index in [4.69, 9.17) is 16.6 Å². The summed E-state index contributed by atoms with van der Waals surface area (Å²) in [6, 6.07) is 5.84. The van der Waals surface area contributed by atoms with Gasteiger partial charge in [-0.15, -0.1) is 0 Å². The SMILES string of the molecule is Cn1c(CN2CCC(CO)CC2)nc2cc(Cl)ccc21. The third-order valence-corrected chi connectivity index (χ3v) is 4.50. The number of halogens is 1. The summed E-state index contributed by atoms with van der Waals surface area (Å²) in [5, 5.41) is 9.91. The van der Waals surface area contributed by atoms with Crippen LogP contribution in [0.15, 0.2) is 18.2 Å². The molecule has 0 bridgehead atoms. The van der Waals surface area contributed by atoms with Gasteiger partial charge in [-0.3, -0.25) is 4.90 Å². The quantitative estimate of drug-likeness (QED) is 0.945. The largest absolute Gasteiger partial charge is 0.396 e. The van der Waals surface area contributed by atoms with Crippen molar-refractivity contribution in [3.05, 3.63) is 29.0 Å².